The van der Waals surface area contributed by atoms with Gasteiger partial charge in [-0.05, 0) is 62.8 Å². The first-order chi connectivity index (χ1) is 17.9. The molecule has 2 saturated carbocycles. The minimum atomic E-state index is -3.64. The van der Waals surface area contributed by atoms with Crippen LogP contribution < -0.4 is 25.8 Å². The number of aromatic nitrogens is 4. The molecule has 0 radical (unpaired) electrons. The number of fused-ring (bicyclic) bond motifs is 1. The van der Waals surface area contributed by atoms with Crippen molar-refractivity contribution >= 4 is 33.0 Å². The topological polar surface area (TPSA) is 149 Å². The molecule has 0 saturated heterocycles. The van der Waals surface area contributed by atoms with E-state index < -0.39 is 10.0 Å². The maximum atomic E-state index is 12.7. The van der Waals surface area contributed by atoms with Crippen LogP contribution in [0.3, 0.4) is 0 Å². The molecular formula is C25H36N8O3S. The number of imidazole rings is 1. The van der Waals surface area contributed by atoms with Crippen LogP contribution in [0.5, 0.6) is 5.75 Å². The number of nitrogens with one attached hydrogen (secondary N) is 3. The van der Waals surface area contributed by atoms with E-state index in [-0.39, 0.29) is 23.5 Å². The highest BCUT2D eigenvalue weighted by molar-refractivity contribution is 7.89. The van der Waals surface area contributed by atoms with E-state index in [1.54, 1.807) is 19.2 Å². The van der Waals surface area contributed by atoms with E-state index in [4.69, 9.17) is 20.4 Å². The molecule has 0 atom stereocenters. The van der Waals surface area contributed by atoms with Gasteiger partial charge in [0.25, 0.3) is 0 Å². The number of hydrogen-bond donors (Lipinski definition) is 4. The van der Waals surface area contributed by atoms with Crippen LogP contribution in [0.15, 0.2) is 35.5 Å². The molecule has 0 bridgehead atoms. The summed E-state index contributed by atoms with van der Waals surface area (Å²) >= 11 is 0. The Hall–Kier alpha value is -2.96. The smallest absolute Gasteiger partial charge is 0.240 e. The van der Waals surface area contributed by atoms with Gasteiger partial charge in [0.15, 0.2) is 17.0 Å². The van der Waals surface area contributed by atoms with Crippen LogP contribution in [0.2, 0.25) is 0 Å². The third-order valence-corrected chi connectivity index (χ3v) is 8.80. The predicted molar refractivity (Wildman–Crippen MR) is 143 cm³/mol. The molecule has 5 rings (SSSR count). The van der Waals surface area contributed by atoms with Crippen molar-refractivity contribution in [1.82, 2.24) is 24.2 Å². The highest BCUT2D eigenvalue weighted by Crippen LogP contribution is 2.33. The lowest BCUT2D eigenvalue weighted by molar-refractivity contribution is 0.410. The van der Waals surface area contributed by atoms with Crippen molar-refractivity contribution in [2.45, 2.75) is 74.4 Å². The fourth-order valence-electron chi connectivity index (χ4n) is 5.20. The Balaban J connectivity index is 1.30. The number of rotatable bonds is 10. The predicted octanol–water partition coefficient (Wildman–Crippen LogP) is 3.02. The zero-order valence-corrected chi connectivity index (χ0v) is 22.0. The van der Waals surface area contributed by atoms with Gasteiger partial charge in [-0.2, -0.15) is 9.97 Å². The summed E-state index contributed by atoms with van der Waals surface area (Å²) in [6.07, 6.45) is 10.5. The van der Waals surface area contributed by atoms with Crippen LogP contribution in [0, 0.1) is 0 Å². The van der Waals surface area contributed by atoms with Crippen LogP contribution in [-0.2, 0) is 10.0 Å². The van der Waals surface area contributed by atoms with Crippen molar-refractivity contribution in [3.63, 3.8) is 0 Å². The molecule has 0 unspecified atom stereocenters. The average molecular weight is 529 g/mol. The Morgan fingerprint density at radius 1 is 1.03 bits per heavy atom. The lowest BCUT2D eigenvalue weighted by Crippen LogP contribution is -2.33. The molecule has 11 nitrogen and oxygen atoms in total. The molecule has 2 fully saturated rings. The van der Waals surface area contributed by atoms with Crippen molar-refractivity contribution in [2.24, 2.45) is 5.73 Å². The molecule has 200 valence electrons. The van der Waals surface area contributed by atoms with Gasteiger partial charge >= 0.3 is 0 Å². The molecule has 2 aliphatic rings. The van der Waals surface area contributed by atoms with E-state index >= 15 is 0 Å². The highest BCUT2D eigenvalue weighted by atomic mass is 32.2. The van der Waals surface area contributed by atoms with Crippen LogP contribution in [0.4, 0.5) is 11.8 Å². The number of ether oxygens (including phenoxy) is 1. The maximum Gasteiger partial charge on any atom is 0.240 e. The van der Waals surface area contributed by atoms with Gasteiger partial charge in [0.05, 0.1) is 18.3 Å². The minimum Gasteiger partial charge on any atom is -0.497 e. The van der Waals surface area contributed by atoms with E-state index in [0.29, 0.717) is 35.6 Å². The van der Waals surface area contributed by atoms with Crippen molar-refractivity contribution in [2.75, 3.05) is 30.8 Å². The molecule has 3 aromatic rings. The first-order valence-corrected chi connectivity index (χ1v) is 14.6. The van der Waals surface area contributed by atoms with Gasteiger partial charge in [-0.25, -0.2) is 18.1 Å². The number of nitrogens with two attached hydrogens (primary N) is 1. The second kappa shape index (κ2) is 11.2. The van der Waals surface area contributed by atoms with Crippen molar-refractivity contribution < 1.29 is 13.2 Å². The summed E-state index contributed by atoms with van der Waals surface area (Å²) in [7, 11) is -2.10. The average Bonchev–Trinajstić information content (AvgIpc) is 3.58. The van der Waals surface area contributed by atoms with E-state index in [2.05, 4.69) is 24.9 Å². The summed E-state index contributed by atoms with van der Waals surface area (Å²) < 4.78 is 35.2. The zero-order chi connectivity index (χ0) is 25.8. The van der Waals surface area contributed by atoms with Gasteiger partial charge in [-0.3, -0.25) is 0 Å². The van der Waals surface area contributed by atoms with Crippen LogP contribution in [0.25, 0.3) is 11.2 Å². The molecule has 12 heteroatoms. The fourth-order valence-corrected chi connectivity index (χ4v) is 6.24. The summed E-state index contributed by atoms with van der Waals surface area (Å²) in [5.74, 6) is 1.76. The molecule has 37 heavy (non-hydrogen) atoms. The monoisotopic (exact) mass is 528 g/mol. The Labute approximate surface area is 217 Å². The first kappa shape index (κ1) is 25.7. The summed E-state index contributed by atoms with van der Waals surface area (Å²) in [6.45, 7) is 0.530. The van der Waals surface area contributed by atoms with E-state index in [1.165, 1.54) is 25.0 Å². The quantitative estimate of drug-likeness (QED) is 0.291. The SMILES string of the molecule is COc1ccc(S(=O)(=O)NCCNc2nc(NC3CCC(N)CC3)nc3c2ncn3C2CCCC2)cc1. The molecule has 2 aromatic heterocycles. The lowest BCUT2D eigenvalue weighted by Gasteiger charge is -2.27. The standard InChI is InChI=1S/C25H36N8O3S/c1-36-20-10-12-21(13-11-20)37(34,35)29-15-14-27-23-22-24(33(16-28-22)19-4-2-3-5-19)32-25(31-23)30-18-8-6-17(26)7-9-18/h10-13,16-19,29H,2-9,14-15,26H2,1H3,(H2,27,30,31,32). The van der Waals surface area contributed by atoms with Gasteiger partial charge in [0.1, 0.15) is 5.75 Å². The number of methoxy groups -OCH3 is 1. The molecule has 5 N–H and O–H groups in total. The molecule has 1 aromatic carbocycles. The molecule has 0 amide bonds. The van der Waals surface area contributed by atoms with E-state index in [0.717, 1.165) is 44.2 Å². The van der Waals surface area contributed by atoms with E-state index in [9.17, 15) is 8.42 Å². The van der Waals surface area contributed by atoms with Gasteiger partial charge < -0.3 is 25.7 Å². The minimum absolute atomic E-state index is 0.187. The van der Waals surface area contributed by atoms with Crippen molar-refractivity contribution in [3.05, 3.63) is 30.6 Å². The van der Waals surface area contributed by atoms with Crippen LogP contribution in [0.1, 0.15) is 57.4 Å². The van der Waals surface area contributed by atoms with Gasteiger partial charge in [0, 0.05) is 31.2 Å². The van der Waals surface area contributed by atoms with Crippen molar-refractivity contribution in [1.29, 1.82) is 0 Å². The van der Waals surface area contributed by atoms with Gasteiger partial charge in [0.2, 0.25) is 16.0 Å². The summed E-state index contributed by atoms with van der Waals surface area (Å²) in [6, 6.07) is 7.24. The second-order valence-electron chi connectivity index (χ2n) is 9.91. The Kier molecular flexibility index (Phi) is 7.77. The normalized spacial score (nSPS) is 20.8. The molecule has 0 spiro atoms. The second-order valence-corrected chi connectivity index (χ2v) is 11.7. The summed E-state index contributed by atoms with van der Waals surface area (Å²) in [5.41, 5.74) is 7.58. The first-order valence-electron chi connectivity index (χ1n) is 13.1. The Bertz CT molecular complexity index is 1300. The Morgan fingerprint density at radius 3 is 2.46 bits per heavy atom. The molecular weight excluding hydrogens is 492 g/mol. The zero-order valence-electron chi connectivity index (χ0n) is 21.2. The number of hydrogen-bond acceptors (Lipinski definition) is 9. The molecule has 2 heterocycles. The largest absolute Gasteiger partial charge is 0.497 e. The number of benzene rings is 1. The number of nitrogens with zero attached hydrogens (tertiary/aromatic N) is 4. The number of anilines is 2. The molecule has 0 aliphatic heterocycles. The Morgan fingerprint density at radius 2 is 1.76 bits per heavy atom. The third-order valence-electron chi connectivity index (χ3n) is 7.32. The summed E-state index contributed by atoms with van der Waals surface area (Å²) in [4.78, 5) is 14.4. The number of sulfonamides is 1. The summed E-state index contributed by atoms with van der Waals surface area (Å²) in [5, 5.41) is 6.79. The van der Waals surface area contributed by atoms with Crippen LogP contribution >= 0.6 is 0 Å². The van der Waals surface area contributed by atoms with Crippen molar-refractivity contribution in [3.8, 4) is 5.75 Å². The van der Waals surface area contributed by atoms with Gasteiger partial charge in [-0.1, -0.05) is 12.8 Å². The fraction of sp³-hybridized carbons (Fsp3) is 0.560. The maximum absolute atomic E-state index is 12.7. The van der Waals surface area contributed by atoms with Crippen LogP contribution in [-0.4, -0.2) is 60.2 Å². The van der Waals surface area contributed by atoms with Gasteiger partial charge in [-0.15, -0.1) is 0 Å². The lowest BCUT2D eigenvalue weighted by atomic mass is 9.92. The third kappa shape index (κ3) is 5.97. The van der Waals surface area contributed by atoms with E-state index in [1.807, 2.05) is 6.33 Å². The highest BCUT2D eigenvalue weighted by Gasteiger charge is 2.24. The molecule has 2 aliphatic carbocycles.